The third-order valence-corrected chi connectivity index (χ3v) is 2.99. The second-order valence-corrected chi connectivity index (χ2v) is 4.78. The number of likely N-dealkylation sites (N-methyl/N-ethyl adjacent to an activating group) is 1. The molecule has 0 amide bonds. The monoisotopic (exact) mass is 243 g/mol. The Morgan fingerprint density at radius 1 is 1.11 bits per heavy atom. The van der Waals surface area contributed by atoms with E-state index in [-0.39, 0.29) is 6.10 Å². The van der Waals surface area contributed by atoms with Crippen LogP contribution in [0.2, 0.25) is 0 Å². The van der Waals surface area contributed by atoms with Crippen molar-refractivity contribution in [3.05, 3.63) is 42.0 Å². The van der Waals surface area contributed by atoms with Crippen LogP contribution >= 0.6 is 0 Å². The van der Waals surface area contributed by atoms with Gasteiger partial charge in [-0.25, -0.2) is 0 Å². The second-order valence-electron chi connectivity index (χ2n) is 4.78. The zero-order valence-corrected chi connectivity index (χ0v) is 11.4. The summed E-state index contributed by atoms with van der Waals surface area (Å²) < 4.78 is 5.92. The Morgan fingerprint density at radius 3 is 2.61 bits per heavy atom. The lowest BCUT2D eigenvalue weighted by Gasteiger charge is -2.16. The van der Waals surface area contributed by atoms with Crippen LogP contribution in [-0.4, -0.2) is 19.7 Å². The summed E-state index contributed by atoms with van der Waals surface area (Å²) in [6, 6.07) is 12.7. The molecular weight excluding hydrogens is 222 g/mol. The van der Waals surface area contributed by atoms with E-state index in [1.54, 1.807) is 0 Å². The third-order valence-electron chi connectivity index (χ3n) is 2.99. The molecule has 0 bridgehead atoms. The summed E-state index contributed by atoms with van der Waals surface area (Å²) in [5, 5.41) is 5.78. The van der Waals surface area contributed by atoms with Crippen LogP contribution in [0.15, 0.2) is 36.4 Å². The molecule has 0 unspecified atom stereocenters. The maximum atomic E-state index is 5.92. The van der Waals surface area contributed by atoms with Gasteiger partial charge < -0.3 is 10.1 Å². The van der Waals surface area contributed by atoms with Gasteiger partial charge in [0.25, 0.3) is 0 Å². The first-order chi connectivity index (χ1) is 8.72. The number of hydrogen-bond acceptors (Lipinski definition) is 2. The van der Waals surface area contributed by atoms with E-state index in [4.69, 9.17) is 4.74 Å². The molecular formula is C16H21NO. The summed E-state index contributed by atoms with van der Waals surface area (Å²) in [6.07, 6.45) is 1.19. The number of nitrogens with one attached hydrogen (secondary N) is 1. The molecule has 2 rings (SSSR count). The summed E-state index contributed by atoms with van der Waals surface area (Å²) in [7, 11) is 1.98. The molecule has 0 atom stereocenters. The van der Waals surface area contributed by atoms with Gasteiger partial charge in [-0.1, -0.05) is 30.3 Å². The van der Waals surface area contributed by atoms with Gasteiger partial charge in [0, 0.05) is 5.56 Å². The maximum Gasteiger partial charge on any atom is 0.123 e. The topological polar surface area (TPSA) is 21.3 Å². The molecule has 2 nitrogen and oxygen atoms in total. The SMILES string of the molecule is CNCCc1c(OC(C)C)ccc2ccccc12. The van der Waals surface area contributed by atoms with E-state index in [1.165, 1.54) is 16.3 Å². The van der Waals surface area contributed by atoms with E-state index < -0.39 is 0 Å². The molecule has 0 aromatic heterocycles. The second kappa shape index (κ2) is 5.87. The van der Waals surface area contributed by atoms with Gasteiger partial charge in [-0.05, 0) is 50.7 Å². The van der Waals surface area contributed by atoms with Crippen molar-refractivity contribution in [1.82, 2.24) is 5.32 Å². The molecule has 0 aliphatic heterocycles. The quantitative estimate of drug-likeness (QED) is 0.869. The van der Waals surface area contributed by atoms with Crippen molar-refractivity contribution in [1.29, 1.82) is 0 Å². The minimum absolute atomic E-state index is 0.208. The van der Waals surface area contributed by atoms with Crippen LogP contribution in [0.5, 0.6) is 5.75 Å². The number of hydrogen-bond donors (Lipinski definition) is 1. The fourth-order valence-electron chi connectivity index (χ4n) is 2.19. The molecule has 2 heteroatoms. The van der Waals surface area contributed by atoms with Crippen molar-refractivity contribution < 1.29 is 4.74 Å². The first-order valence-corrected chi connectivity index (χ1v) is 6.54. The van der Waals surface area contributed by atoms with Crippen LogP contribution in [0.4, 0.5) is 0 Å². The first kappa shape index (κ1) is 12.9. The molecule has 0 aliphatic carbocycles. The van der Waals surface area contributed by atoms with Gasteiger partial charge in [0.1, 0.15) is 5.75 Å². The van der Waals surface area contributed by atoms with Crippen molar-refractivity contribution in [2.24, 2.45) is 0 Å². The maximum absolute atomic E-state index is 5.92. The molecule has 0 saturated heterocycles. The molecule has 0 radical (unpaired) electrons. The van der Waals surface area contributed by atoms with Crippen LogP contribution in [-0.2, 0) is 6.42 Å². The van der Waals surface area contributed by atoms with Crippen molar-refractivity contribution >= 4 is 10.8 Å². The predicted molar refractivity (Wildman–Crippen MR) is 77.3 cm³/mol. The number of fused-ring (bicyclic) bond motifs is 1. The fourth-order valence-corrected chi connectivity index (χ4v) is 2.19. The minimum Gasteiger partial charge on any atom is -0.491 e. The lowest BCUT2D eigenvalue weighted by atomic mass is 10.0. The number of benzene rings is 2. The van der Waals surface area contributed by atoms with Gasteiger partial charge in [-0.2, -0.15) is 0 Å². The van der Waals surface area contributed by atoms with E-state index in [2.05, 4.69) is 55.6 Å². The third kappa shape index (κ3) is 2.82. The van der Waals surface area contributed by atoms with Crippen LogP contribution in [0.3, 0.4) is 0 Å². The highest BCUT2D eigenvalue weighted by molar-refractivity contribution is 5.87. The van der Waals surface area contributed by atoms with E-state index in [0.717, 1.165) is 18.7 Å². The largest absolute Gasteiger partial charge is 0.491 e. The average Bonchev–Trinajstić information content (AvgIpc) is 2.37. The van der Waals surface area contributed by atoms with Gasteiger partial charge >= 0.3 is 0 Å². The molecule has 1 N–H and O–H groups in total. The van der Waals surface area contributed by atoms with Gasteiger partial charge in [-0.15, -0.1) is 0 Å². The highest BCUT2D eigenvalue weighted by Gasteiger charge is 2.09. The van der Waals surface area contributed by atoms with Crippen LogP contribution in [0.25, 0.3) is 10.8 Å². The van der Waals surface area contributed by atoms with Crippen molar-refractivity contribution in [2.75, 3.05) is 13.6 Å². The zero-order chi connectivity index (χ0) is 13.0. The summed E-state index contributed by atoms with van der Waals surface area (Å²) >= 11 is 0. The predicted octanol–water partition coefficient (Wildman–Crippen LogP) is 3.39. The van der Waals surface area contributed by atoms with Crippen molar-refractivity contribution in [2.45, 2.75) is 26.4 Å². The zero-order valence-electron chi connectivity index (χ0n) is 11.4. The Balaban J connectivity index is 2.48. The molecule has 0 saturated carbocycles. The van der Waals surface area contributed by atoms with Crippen molar-refractivity contribution in [3.8, 4) is 5.75 Å². The molecule has 2 aromatic carbocycles. The smallest absolute Gasteiger partial charge is 0.123 e. The van der Waals surface area contributed by atoms with Gasteiger partial charge in [0.15, 0.2) is 0 Å². The average molecular weight is 243 g/mol. The number of ether oxygens (including phenoxy) is 1. The van der Waals surface area contributed by atoms with Gasteiger partial charge in [-0.3, -0.25) is 0 Å². The Bertz CT molecular complexity index is 519. The van der Waals surface area contributed by atoms with E-state index in [9.17, 15) is 0 Å². The van der Waals surface area contributed by atoms with E-state index >= 15 is 0 Å². The Hall–Kier alpha value is -1.54. The van der Waals surface area contributed by atoms with Crippen LogP contribution in [0, 0.1) is 0 Å². The fraction of sp³-hybridized carbons (Fsp3) is 0.375. The molecule has 0 fully saturated rings. The summed E-state index contributed by atoms with van der Waals surface area (Å²) in [5.74, 6) is 1.01. The molecule has 2 aromatic rings. The van der Waals surface area contributed by atoms with E-state index in [0.29, 0.717) is 0 Å². The lowest BCUT2D eigenvalue weighted by Crippen LogP contribution is -2.13. The van der Waals surface area contributed by atoms with E-state index in [1.807, 2.05) is 7.05 Å². The Morgan fingerprint density at radius 2 is 1.89 bits per heavy atom. The summed E-state index contributed by atoms with van der Waals surface area (Å²) in [6.45, 7) is 5.09. The highest BCUT2D eigenvalue weighted by Crippen LogP contribution is 2.29. The first-order valence-electron chi connectivity index (χ1n) is 6.54. The normalized spacial score (nSPS) is 11.1. The lowest BCUT2D eigenvalue weighted by molar-refractivity contribution is 0.240. The summed E-state index contributed by atoms with van der Waals surface area (Å²) in [5.41, 5.74) is 1.30. The van der Waals surface area contributed by atoms with Crippen molar-refractivity contribution in [3.63, 3.8) is 0 Å². The Labute approximate surface area is 109 Å². The molecule has 0 heterocycles. The molecule has 96 valence electrons. The molecule has 18 heavy (non-hydrogen) atoms. The summed E-state index contributed by atoms with van der Waals surface area (Å²) in [4.78, 5) is 0. The molecule has 0 aliphatic rings. The standard InChI is InChI=1S/C16H21NO/c1-12(2)18-16-9-8-13-6-4-5-7-14(13)15(16)10-11-17-3/h4-9,12,17H,10-11H2,1-3H3. The van der Waals surface area contributed by atoms with Crippen LogP contribution in [0.1, 0.15) is 19.4 Å². The highest BCUT2D eigenvalue weighted by atomic mass is 16.5. The van der Waals surface area contributed by atoms with Crippen LogP contribution < -0.4 is 10.1 Å². The minimum atomic E-state index is 0.208. The van der Waals surface area contributed by atoms with Gasteiger partial charge in [0.2, 0.25) is 0 Å². The van der Waals surface area contributed by atoms with Gasteiger partial charge in [0.05, 0.1) is 6.10 Å². The number of rotatable bonds is 5. The molecule has 0 spiro atoms. The Kier molecular flexibility index (Phi) is 4.21.